The summed E-state index contributed by atoms with van der Waals surface area (Å²) in [4.78, 5) is 14.4. The van der Waals surface area contributed by atoms with E-state index >= 15 is 0 Å². The van der Waals surface area contributed by atoms with Gasteiger partial charge in [-0.3, -0.25) is 4.79 Å². The number of aromatic nitrogens is 1. The number of carbonyl (C=O) groups excluding carboxylic acids is 1. The highest BCUT2D eigenvalue weighted by molar-refractivity contribution is 7.09. The van der Waals surface area contributed by atoms with Crippen molar-refractivity contribution in [3.63, 3.8) is 0 Å². The summed E-state index contributed by atoms with van der Waals surface area (Å²) in [5.74, 6) is 2.28. The Hall–Kier alpha value is -2.90. The topological polar surface area (TPSA) is 69.7 Å². The van der Waals surface area contributed by atoms with Gasteiger partial charge in [0.05, 0.1) is 10.7 Å². The lowest BCUT2D eigenvalue weighted by atomic mass is 9.99. The fraction of sp³-hybridized carbons (Fsp3) is 0.407. The number of nitrogens with one attached hydrogen (secondary N) is 1. The van der Waals surface area contributed by atoms with E-state index in [0.29, 0.717) is 25.6 Å². The molecule has 1 fully saturated rings. The molecule has 3 aromatic rings. The first-order chi connectivity index (χ1) is 16.4. The Morgan fingerprint density at radius 1 is 0.971 bits per heavy atom. The Balaban J connectivity index is 0.000000406. The standard InChI is InChI=1S/C22H24N2O2S.C5H10O2/c1-2-4-17(5-3-1)14-25-20-6-8-21(9-7-20)26-15-19-16-27-22(24-19)18-10-12-23-13-11-18;1-5(2,3)7-4-6/h1-9,16,18,23H,10-15H2;4H,1-3H3. The van der Waals surface area contributed by atoms with Crippen LogP contribution in [0.15, 0.2) is 60.0 Å². The molecule has 4 rings (SSSR count). The highest BCUT2D eigenvalue weighted by Crippen LogP contribution is 2.28. The molecule has 1 aromatic heterocycles. The average Bonchev–Trinajstić information content (AvgIpc) is 3.32. The van der Waals surface area contributed by atoms with Crippen LogP contribution in [0.4, 0.5) is 0 Å². The quantitative estimate of drug-likeness (QED) is 0.414. The summed E-state index contributed by atoms with van der Waals surface area (Å²) < 4.78 is 16.2. The van der Waals surface area contributed by atoms with Crippen molar-refractivity contribution in [2.75, 3.05) is 13.1 Å². The molecule has 0 aliphatic carbocycles. The predicted octanol–water partition coefficient (Wildman–Crippen LogP) is 5.73. The first-order valence-electron chi connectivity index (χ1n) is 11.6. The van der Waals surface area contributed by atoms with Gasteiger partial charge in [-0.05, 0) is 76.5 Å². The van der Waals surface area contributed by atoms with Crippen LogP contribution in [-0.2, 0) is 22.7 Å². The Labute approximate surface area is 206 Å². The number of hydrogen-bond donors (Lipinski definition) is 1. The molecule has 7 heteroatoms. The third kappa shape index (κ3) is 9.15. The van der Waals surface area contributed by atoms with Crippen LogP contribution >= 0.6 is 11.3 Å². The molecule has 6 nitrogen and oxygen atoms in total. The van der Waals surface area contributed by atoms with E-state index in [2.05, 4.69) is 27.6 Å². The monoisotopic (exact) mass is 482 g/mol. The Morgan fingerprint density at radius 3 is 2.15 bits per heavy atom. The lowest BCUT2D eigenvalue weighted by Crippen LogP contribution is -2.26. The number of hydrogen-bond acceptors (Lipinski definition) is 7. The zero-order valence-electron chi connectivity index (χ0n) is 20.2. The minimum Gasteiger partial charge on any atom is -0.489 e. The molecular weight excluding hydrogens is 448 g/mol. The summed E-state index contributed by atoms with van der Waals surface area (Å²) in [5.41, 5.74) is 1.85. The SMILES string of the molecule is CC(C)(C)OC=O.c1ccc(COc2ccc(OCc3csc(C4CCNCC4)n3)cc2)cc1. The van der Waals surface area contributed by atoms with E-state index in [1.54, 1.807) is 11.3 Å². The molecule has 1 aliphatic rings. The number of piperidine rings is 1. The summed E-state index contributed by atoms with van der Waals surface area (Å²) in [7, 11) is 0. The van der Waals surface area contributed by atoms with E-state index < -0.39 is 0 Å². The molecule has 34 heavy (non-hydrogen) atoms. The van der Waals surface area contributed by atoms with Gasteiger partial charge in [0.15, 0.2) is 0 Å². The average molecular weight is 483 g/mol. The van der Waals surface area contributed by atoms with Crippen molar-refractivity contribution in [2.45, 2.75) is 58.3 Å². The van der Waals surface area contributed by atoms with Crippen LogP contribution in [0.25, 0.3) is 0 Å². The first-order valence-corrected chi connectivity index (χ1v) is 12.5. The van der Waals surface area contributed by atoms with Crippen molar-refractivity contribution in [2.24, 2.45) is 0 Å². The number of thiazole rings is 1. The van der Waals surface area contributed by atoms with Gasteiger partial charge in [0.2, 0.25) is 0 Å². The number of benzene rings is 2. The van der Waals surface area contributed by atoms with Crippen molar-refractivity contribution < 1.29 is 19.0 Å². The molecule has 0 radical (unpaired) electrons. The molecule has 0 bridgehead atoms. The van der Waals surface area contributed by atoms with E-state index in [4.69, 9.17) is 14.5 Å². The molecule has 182 valence electrons. The molecule has 1 saturated heterocycles. The fourth-order valence-corrected chi connectivity index (χ4v) is 4.30. The summed E-state index contributed by atoms with van der Waals surface area (Å²) in [6.45, 7) is 9.18. The Morgan fingerprint density at radius 2 is 1.59 bits per heavy atom. The number of ether oxygens (including phenoxy) is 3. The van der Waals surface area contributed by atoms with Crippen molar-refractivity contribution in [1.82, 2.24) is 10.3 Å². The van der Waals surface area contributed by atoms with Crippen LogP contribution in [0.2, 0.25) is 0 Å². The van der Waals surface area contributed by atoms with Crippen molar-refractivity contribution in [3.05, 3.63) is 76.2 Å². The van der Waals surface area contributed by atoms with Gasteiger partial charge < -0.3 is 19.5 Å². The second-order valence-electron chi connectivity index (χ2n) is 9.06. The molecule has 0 amide bonds. The fourth-order valence-electron chi connectivity index (χ4n) is 3.32. The molecular formula is C27H34N2O4S. The summed E-state index contributed by atoms with van der Waals surface area (Å²) >= 11 is 1.76. The second-order valence-corrected chi connectivity index (χ2v) is 9.95. The smallest absolute Gasteiger partial charge is 0.293 e. The predicted molar refractivity (Wildman–Crippen MR) is 135 cm³/mol. The maximum atomic E-state index is 9.60. The molecule has 0 unspecified atom stereocenters. The van der Waals surface area contributed by atoms with Crippen molar-refractivity contribution in [3.8, 4) is 11.5 Å². The summed E-state index contributed by atoms with van der Waals surface area (Å²) in [6, 6.07) is 17.9. The van der Waals surface area contributed by atoms with Gasteiger partial charge in [-0.15, -0.1) is 11.3 Å². The van der Waals surface area contributed by atoms with Crippen LogP contribution < -0.4 is 14.8 Å². The van der Waals surface area contributed by atoms with Crippen LogP contribution in [0.5, 0.6) is 11.5 Å². The molecule has 0 spiro atoms. The van der Waals surface area contributed by atoms with Crippen molar-refractivity contribution >= 4 is 17.8 Å². The van der Waals surface area contributed by atoms with E-state index in [-0.39, 0.29) is 5.60 Å². The number of carbonyl (C=O) groups is 1. The summed E-state index contributed by atoms with van der Waals surface area (Å²) in [5, 5.41) is 6.77. The van der Waals surface area contributed by atoms with E-state index in [1.165, 1.54) is 17.8 Å². The molecule has 2 heterocycles. The van der Waals surface area contributed by atoms with Crippen LogP contribution in [0.1, 0.15) is 55.8 Å². The molecule has 2 aromatic carbocycles. The zero-order chi connectivity index (χ0) is 24.2. The maximum Gasteiger partial charge on any atom is 0.293 e. The highest BCUT2D eigenvalue weighted by Gasteiger charge is 2.18. The highest BCUT2D eigenvalue weighted by atomic mass is 32.1. The number of rotatable bonds is 8. The van der Waals surface area contributed by atoms with Gasteiger partial charge in [-0.1, -0.05) is 30.3 Å². The second kappa shape index (κ2) is 13.1. The molecule has 1 aliphatic heterocycles. The lowest BCUT2D eigenvalue weighted by Gasteiger charge is -2.20. The van der Waals surface area contributed by atoms with Gasteiger partial charge in [0, 0.05) is 11.3 Å². The van der Waals surface area contributed by atoms with Gasteiger partial charge in [-0.25, -0.2) is 4.98 Å². The zero-order valence-corrected chi connectivity index (χ0v) is 21.0. The first kappa shape index (κ1) is 25.7. The van der Waals surface area contributed by atoms with E-state index in [9.17, 15) is 4.79 Å². The van der Waals surface area contributed by atoms with Gasteiger partial charge in [0.25, 0.3) is 6.47 Å². The van der Waals surface area contributed by atoms with Crippen LogP contribution in [-0.4, -0.2) is 30.1 Å². The van der Waals surface area contributed by atoms with Gasteiger partial charge >= 0.3 is 0 Å². The van der Waals surface area contributed by atoms with Crippen molar-refractivity contribution in [1.29, 1.82) is 0 Å². The minimum atomic E-state index is -0.318. The van der Waals surface area contributed by atoms with Crippen LogP contribution in [0.3, 0.4) is 0 Å². The molecule has 0 atom stereocenters. The van der Waals surface area contributed by atoms with Gasteiger partial charge in [0.1, 0.15) is 30.3 Å². The maximum absolute atomic E-state index is 9.60. The van der Waals surface area contributed by atoms with Gasteiger partial charge in [-0.2, -0.15) is 0 Å². The van der Waals surface area contributed by atoms with Crippen LogP contribution in [0, 0.1) is 0 Å². The normalized spacial score (nSPS) is 14.0. The minimum absolute atomic E-state index is 0.318. The Kier molecular flexibility index (Phi) is 9.91. The largest absolute Gasteiger partial charge is 0.489 e. The van der Waals surface area contributed by atoms with E-state index in [1.807, 2.05) is 63.2 Å². The molecule has 0 saturated carbocycles. The Bertz CT molecular complexity index is 978. The lowest BCUT2D eigenvalue weighted by molar-refractivity contribution is -0.138. The summed E-state index contributed by atoms with van der Waals surface area (Å²) in [6.07, 6.45) is 2.36. The number of nitrogens with zero attached hydrogens (tertiary/aromatic N) is 1. The molecule has 1 N–H and O–H groups in total. The third-order valence-electron chi connectivity index (χ3n) is 5.12. The third-order valence-corrected chi connectivity index (χ3v) is 6.17. The van der Waals surface area contributed by atoms with E-state index in [0.717, 1.165) is 35.8 Å².